The summed E-state index contributed by atoms with van der Waals surface area (Å²) >= 11 is 0. The van der Waals surface area contributed by atoms with Crippen LogP contribution in [0.15, 0.2) is 24.3 Å². The third-order valence-electron chi connectivity index (χ3n) is 4.22. The zero-order valence-corrected chi connectivity index (χ0v) is 12.0. The molecular formula is C16H21NO3. The summed E-state index contributed by atoms with van der Waals surface area (Å²) in [4.78, 5) is 23.3. The van der Waals surface area contributed by atoms with E-state index in [1.54, 1.807) is 0 Å². The Kier molecular flexibility index (Phi) is 4.12. The number of rotatable bonds is 5. The first-order valence-electron chi connectivity index (χ1n) is 7.02. The van der Waals surface area contributed by atoms with Crippen molar-refractivity contribution in [3.05, 3.63) is 35.4 Å². The summed E-state index contributed by atoms with van der Waals surface area (Å²) in [5.41, 5.74) is 1.38. The number of hydrogen-bond donors (Lipinski definition) is 2. The molecule has 20 heavy (non-hydrogen) atoms. The number of amides is 1. The van der Waals surface area contributed by atoms with Gasteiger partial charge in [0.25, 0.3) is 0 Å². The van der Waals surface area contributed by atoms with Crippen molar-refractivity contribution in [2.45, 2.75) is 45.6 Å². The van der Waals surface area contributed by atoms with Crippen LogP contribution in [0.1, 0.15) is 49.8 Å². The summed E-state index contributed by atoms with van der Waals surface area (Å²) in [6, 6.07) is 7.87. The number of carboxylic acids is 1. The summed E-state index contributed by atoms with van der Waals surface area (Å²) in [6.07, 6.45) is 2.19. The number of aliphatic carboxylic acids is 1. The molecule has 0 aromatic heterocycles. The third-order valence-corrected chi connectivity index (χ3v) is 4.22. The highest BCUT2D eigenvalue weighted by atomic mass is 16.4. The number of nitrogens with one attached hydrogen (secondary N) is 1. The average molecular weight is 275 g/mol. The van der Waals surface area contributed by atoms with Gasteiger partial charge in [0.2, 0.25) is 5.91 Å². The van der Waals surface area contributed by atoms with Crippen LogP contribution in [-0.4, -0.2) is 17.0 Å². The summed E-state index contributed by atoms with van der Waals surface area (Å²) < 4.78 is 0. The minimum Gasteiger partial charge on any atom is -0.481 e. The Balaban J connectivity index is 1.94. The van der Waals surface area contributed by atoms with E-state index in [4.69, 9.17) is 0 Å². The Morgan fingerprint density at radius 3 is 2.35 bits per heavy atom. The van der Waals surface area contributed by atoms with Crippen LogP contribution in [0.5, 0.6) is 0 Å². The van der Waals surface area contributed by atoms with Crippen LogP contribution in [0, 0.1) is 12.3 Å². The molecule has 0 heterocycles. The number of aryl methyl sites for hydroxylation is 1. The molecular weight excluding hydrogens is 254 g/mol. The highest BCUT2D eigenvalue weighted by Gasteiger charge is 2.45. The fourth-order valence-corrected chi connectivity index (χ4v) is 2.61. The maximum absolute atomic E-state index is 12.0. The molecule has 1 unspecified atom stereocenters. The first-order valence-corrected chi connectivity index (χ1v) is 7.02. The van der Waals surface area contributed by atoms with Crippen molar-refractivity contribution in [3.8, 4) is 0 Å². The molecule has 0 spiro atoms. The van der Waals surface area contributed by atoms with Gasteiger partial charge in [0.05, 0.1) is 11.5 Å². The smallest absolute Gasteiger partial charge is 0.310 e. The van der Waals surface area contributed by atoms with Gasteiger partial charge >= 0.3 is 5.97 Å². The van der Waals surface area contributed by atoms with E-state index in [0.717, 1.165) is 12.0 Å². The number of carboxylic acid groups (broad SMARTS) is 1. The normalized spacial score (nSPS) is 17.9. The lowest BCUT2D eigenvalue weighted by Gasteiger charge is -2.37. The predicted molar refractivity (Wildman–Crippen MR) is 76.3 cm³/mol. The van der Waals surface area contributed by atoms with E-state index in [2.05, 4.69) is 5.32 Å². The molecule has 1 saturated carbocycles. The molecule has 2 N–H and O–H groups in total. The standard InChI is InChI=1S/C16H21NO3/c1-11-4-6-13(7-5-11)12(2)17-14(18)10-16(15(19)20)8-3-9-16/h4-7,12H,3,8-10H2,1-2H3,(H,17,18)(H,19,20). The second-order valence-electron chi connectivity index (χ2n) is 5.82. The quantitative estimate of drug-likeness (QED) is 0.868. The fourth-order valence-electron chi connectivity index (χ4n) is 2.61. The SMILES string of the molecule is Cc1ccc(C(C)NC(=O)CC2(C(=O)O)CCC2)cc1. The molecule has 1 aromatic carbocycles. The highest BCUT2D eigenvalue weighted by Crippen LogP contribution is 2.44. The molecule has 4 nitrogen and oxygen atoms in total. The topological polar surface area (TPSA) is 66.4 Å². The summed E-state index contributed by atoms with van der Waals surface area (Å²) in [5, 5.41) is 12.1. The van der Waals surface area contributed by atoms with E-state index in [-0.39, 0.29) is 18.4 Å². The maximum atomic E-state index is 12.0. The molecule has 1 aromatic rings. The van der Waals surface area contributed by atoms with Crippen LogP contribution >= 0.6 is 0 Å². The molecule has 0 radical (unpaired) electrons. The minimum absolute atomic E-state index is 0.0819. The fraction of sp³-hybridized carbons (Fsp3) is 0.500. The zero-order chi connectivity index (χ0) is 14.8. The van der Waals surface area contributed by atoms with Crippen LogP contribution in [0.3, 0.4) is 0 Å². The number of carbonyl (C=O) groups is 2. The van der Waals surface area contributed by atoms with Crippen molar-refractivity contribution in [2.75, 3.05) is 0 Å². The molecule has 0 aliphatic heterocycles. The van der Waals surface area contributed by atoms with E-state index in [1.807, 2.05) is 38.1 Å². The maximum Gasteiger partial charge on any atom is 0.310 e. The van der Waals surface area contributed by atoms with Crippen molar-refractivity contribution in [1.29, 1.82) is 0 Å². The molecule has 108 valence electrons. The van der Waals surface area contributed by atoms with Crippen molar-refractivity contribution < 1.29 is 14.7 Å². The molecule has 1 amide bonds. The Hall–Kier alpha value is -1.84. The van der Waals surface area contributed by atoms with Crippen molar-refractivity contribution in [3.63, 3.8) is 0 Å². The minimum atomic E-state index is -0.845. The van der Waals surface area contributed by atoms with E-state index in [0.29, 0.717) is 12.8 Å². The van der Waals surface area contributed by atoms with Gasteiger partial charge in [-0.05, 0) is 32.3 Å². The molecule has 0 saturated heterocycles. The molecule has 0 bridgehead atoms. The van der Waals surface area contributed by atoms with Crippen LogP contribution in [-0.2, 0) is 9.59 Å². The summed E-state index contributed by atoms with van der Waals surface area (Å²) in [5.74, 6) is -1.03. The lowest BCUT2D eigenvalue weighted by Crippen LogP contribution is -2.43. The van der Waals surface area contributed by atoms with Gasteiger partial charge in [-0.3, -0.25) is 9.59 Å². The number of hydrogen-bond acceptors (Lipinski definition) is 2. The van der Waals surface area contributed by atoms with Crippen molar-refractivity contribution >= 4 is 11.9 Å². The van der Waals surface area contributed by atoms with Gasteiger partial charge in [0, 0.05) is 6.42 Å². The lowest BCUT2D eigenvalue weighted by atomic mass is 9.66. The van der Waals surface area contributed by atoms with Gasteiger partial charge in [-0.15, -0.1) is 0 Å². The lowest BCUT2D eigenvalue weighted by molar-refractivity contribution is -0.157. The van der Waals surface area contributed by atoms with Gasteiger partial charge < -0.3 is 10.4 Å². The van der Waals surface area contributed by atoms with Crippen LogP contribution < -0.4 is 5.32 Å². The number of carbonyl (C=O) groups excluding carboxylic acids is 1. The largest absolute Gasteiger partial charge is 0.481 e. The van der Waals surface area contributed by atoms with Gasteiger partial charge in [0.15, 0.2) is 0 Å². The molecule has 4 heteroatoms. The highest BCUT2D eigenvalue weighted by molar-refractivity contribution is 5.85. The molecule has 1 atom stereocenters. The van der Waals surface area contributed by atoms with Crippen LogP contribution in [0.2, 0.25) is 0 Å². The summed E-state index contributed by atoms with van der Waals surface area (Å²) in [7, 11) is 0. The van der Waals surface area contributed by atoms with Gasteiger partial charge in [0.1, 0.15) is 0 Å². The number of benzene rings is 1. The second kappa shape index (κ2) is 5.65. The van der Waals surface area contributed by atoms with Gasteiger partial charge in [-0.2, -0.15) is 0 Å². The first-order chi connectivity index (χ1) is 9.43. The van der Waals surface area contributed by atoms with E-state index in [9.17, 15) is 14.7 Å². The Morgan fingerprint density at radius 2 is 1.90 bits per heavy atom. The molecule has 1 aliphatic rings. The third kappa shape index (κ3) is 3.00. The Bertz CT molecular complexity index is 503. The second-order valence-corrected chi connectivity index (χ2v) is 5.82. The summed E-state index contributed by atoms with van der Waals surface area (Å²) in [6.45, 7) is 3.93. The monoisotopic (exact) mass is 275 g/mol. The van der Waals surface area contributed by atoms with Gasteiger partial charge in [-0.25, -0.2) is 0 Å². The van der Waals surface area contributed by atoms with Crippen molar-refractivity contribution in [1.82, 2.24) is 5.32 Å². The zero-order valence-electron chi connectivity index (χ0n) is 12.0. The van der Waals surface area contributed by atoms with E-state index >= 15 is 0 Å². The first kappa shape index (κ1) is 14.6. The Labute approximate surface area is 119 Å². The van der Waals surface area contributed by atoms with Crippen molar-refractivity contribution in [2.24, 2.45) is 5.41 Å². The molecule has 1 fully saturated rings. The van der Waals surface area contributed by atoms with E-state index < -0.39 is 11.4 Å². The van der Waals surface area contributed by atoms with Crippen LogP contribution in [0.25, 0.3) is 0 Å². The molecule has 2 rings (SSSR count). The van der Waals surface area contributed by atoms with E-state index in [1.165, 1.54) is 5.56 Å². The van der Waals surface area contributed by atoms with Crippen LogP contribution in [0.4, 0.5) is 0 Å². The average Bonchev–Trinajstić information content (AvgIpc) is 2.34. The Morgan fingerprint density at radius 1 is 1.30 bits per heavy atom. The molecule has 1 aliphatic carbocycles. The predicted octanol–water partition coefficient (Wildman–Crippen LogP) is 2.82. The van der Waals surface area contributed by atoms with Gasteiger partial charge in [-0.1, -0.05) is 36.2 Å².